The smallest absolute Gasteiger partial charge is 0.247 e. The van der Waals surface area contributed by atoms with Crippen molar-refractivity contribution in [1.29, 1.82) is 0 Å². The highest BCUT2D eigenvalue weighted by Gasteiger charge is 2.30. The number of aryl methyl sites for hydroxylation is 1. The van der Waals surface area contributed by atoms with Gasteiger partial charge in [0.05, 0.1) is 6.54 Å². The molecule has 1 aromatic carbocycles. The maximum Gasteiger partial charge on any atom is 0.247 e. The van der Waals surface area contributed by atoms with Gasteiger partial charge in [-0.25, -0.2) is 0 Å². The van der Waals surface area contributed by atoms with Gasteiger partial charge in [-0.15, -0.1) is 10.2 Å². The van der Waals surface area contributed by atoms with Crippen LogP contribution < -0.4 is 5.32 Å². The fourth-order valence-electron chi connectivity index (χ4n) is 2.61. The number of nitrogens with one attached hydrogen (secondary N) is 1. The molecule has 0 aliphatic carbocycles. The largest absolute Gasteiger partial charge is 0.419 e. The number of hydrogen-bond acceptors (Lipinski definition) is 5. The molecule has 0 radical (unpaired) electrons. The van der Waals surface area contributed by atoms with Crippen LogP contribution in [0.2, 0.25) is 0 Å². The lowest BCUT2D eigenvalue weighted by molar-refractivity contribution is 0.0737. The van der Waals surface area contributed by atoms with E-state index in [2.05, 4.69) is 53.3 Å². The van der Waals surface area contributed by atoms with Gasteiger partial charge in [-0.2, -0.15) is 0 Å². The van der Waals surface area contributed by atoms with Crippen molar-refractivity contribution in [3.63, 3.8) is 0 Å². The highest BCUT2D eigenvalue weighted by Crippen LogP contribution is 2.22. The van der Waals surface area contributed by atoms with Gasteiger partial charge in [0.1, 0.15) is 0 Å². The molecular formula is C16H22N4O. The topological polar surface area (TPSA) is 54.2 Å². The van der Waals surface area contributed by atoms with Gasteiger partial charge in [0.2, 0.25) is 11.8 Å². The first-order valence-corrected chi connectivity index (χ1v) is 7.40. The van der Waals surface area contributed by atoms with Gasteiger partial charge in [0.15, 0.2) is 0 Å². The van der Waals surface area contributed by atoms with E-state index in [1.54, 1.807) is 0 Å². The van der Waals surface area contributed by atoms with E-state index in [0.29, 0.717) is 18.3 Å². The van der Waals surface area contributed by atoms with Gasteiger partial charge in [0, 0.05) is 30.7 Å². The third-order valence-corrected chi connectivity index (χ3v) is 4.06. The van der Waals surface area contributed by atoms with Crippen molar-refractivity contribution >= 4 is 0 Å². The molecule has 1 aliphatic rings. The predicted octanol–water partition coefficient (Wildman–Crippen LogP) is 2.23. The van der Waals surface area contributed by atoms with E-state index in [1.807, 2.05) is 12.1 Å². The van der Waals surface area contributed by atoms with Gasteiger partial charge in [-0.3, -0.25) is 4.90 Å². The Kier molecular flexibility index (Phi) is 3.78. The molecule has 0 bridgehead atoms. The summed E-state index contributed by atoms with van der Waals surface area (Å²) in [7, 11) is 0. The number of piperazine rings is 1. The van der Waals surface area contributed by atoms with Crippen LogP contribution in [-0.2, 0) is 6.54 Å². The molecule has 1 saturated heterocycles. The lowest BCUT2D eigenvalue weighted by Crippen LogP contribution is -2.57. The van der Waals surface area contributed by atoms with Crippen molar-refractivity contribution in [3.05, 3.63) is 35.7 Å². The summed E-state index contributed by atoms with van der Waals surface area (Å²) in [5.74, 6) is 1.28. The fraction of sp³-hybridized carbons (Fsp3) is 0.500. The van der Waals surface area contributed by atoms with Gasteiger partial charge >= 0.3 is 0 Å². The summed E-state index contributed by atoms with van der Waals surface area (Å²) in [6.07, 6.45) is 0. The Balaban J connectivity index is 1.74. The molecule has 0 amide bonds. The first-order chi connectivity index (χ1) is 10.0. The standard InChI is InChI=1S/C16H22N4O/c1-12-4-6-13(7-5-12)15-19-18-14(21-15)10-20-9-8-17-11-16(20,2)3/h4-7,17H,8-11H2,1-3H3. The summed E-state index contributed by atoms with van der Waals surface area (Å²) in [6, 6.07) is 8.14. The van der Waals surface area contributed by atoms with Gasteiger partial charge in [-0.1, -0.05) is 17.7 Å². The number of hydrogen-bond donors (Lipinski definition) is 1. The second kappa shape index (κ2) is 5.58. The molecule has 5 heteroatoms. The maximum atomic E-state index is 5.82. The fourth-order valence-corrected chi connectivity index (χ4v) is 2.61. The van der Waals surface area contributed by atoms with Crippen LogP contribution in [0.5, 0.6) is 0 Å². The third-order valence-electron chi connectivity index (χ3n) is 4.06. The first-order valence-electron chi connectivity index (χ1n) is 7.40. The van der Waals surface area contributed by atoms with E-state index < -0.39 is 0 Å². The monoisotopic (exact) mass is 286 g/mol. The molecule has 0 unspecified atom stereocenters. The molecule has 0 saturated carbocycles. The summed E-state index contributed by atoms with van der Waals surface area (Å²) in [5.41, 5.74) is 2.30. The van der Waals surface area contributed by atoms with Crippen molar-refractivity contribution in [3.8, 4) is 11.5 Å². The number of nitrogens with zero attached hydrogens (tertiary/aromatic N) is 3. The molecule has 3 rings (SSSR count). The second-order valence-electron chi connectivity index (χ2n) is 6.28. The maximum absolute atomic E-state index is 5.82. The van der Waals surface area contributed by atoms with Crippen molar-refractivity contribution < 1.29 is 4.42 Å². The SMILES string of the molecule is Cc1ccc(-c2nnc(CN3CCNCC3(C)C)o2)cc1. The molecule has 2 heterocycles. The van der Waals surface area contributed by atoms with E-state index in [4.69, 9.17) is 4.42 Å². The summed E-state index contributed by atoms with van der Waals surface area (Å²) < 4.78 is 5.82. The van der Waals surface area contributed by atoms with Crippen LogP contribution in [0, 0.1) is 6.92 Å². The third kappa shape index (κ3) is 3.14. The van der Waals surface area contributed by atoms with Crippen LogP contribution in [0.25, 0.3) is 11.5 Å². The lowest BCUT2D eigenvalue weighted by atomic mass is 10.0. The van der Waals surface area contributed by atoms with Crippen molar-refractivity contribution in [1.82, 2.24) is 20.4 Å². The molecule has 112 valence electrons. The summed E-state index contributed by atoms with van der Waals surface area (Å²) in [6.45, 7) is 10.2. The minimum Gasteiger partial charge on any atom is -0.419 e. The molecule has 0 atom stereocenters. The van der Waals surface area contributed by atoms with Gasteiger partial charge in [0.25, 0.3) is 0 Å². The zero-order valence-electron chi connectivity index (χ0n) is 12.9. The normalized spacial score (nSPS) is 18.8. The van der Waals surface area contributed by atoms with Crippen LogP contribution in [0.4, 0.5) is 0 Å². The first kappa shape index (κ1) is 14.2. The van der Waals surface area contributed by atoms with Crippen LogP contribution >= 0.6 is 0 Å². The molecule has 1 N–H and O–H groups in total. The highest BCUT2D eigenvalue weighted by atomic mass is 16.4. The van der Waals surface area contributed by atoms with Crippen LogP contribution in [-0.4, -0.2) is 40.3 Å². The quantitative estimate of drug-likeness (QED) is 0.937. The summed E-state index contributed by atoms with van der Waals surface area (Å²) in [4.78, 5) is 2.38. The Morgan fingerprint density at radius 3 is 2.71 bits per heavy atom. The Bertz CT molecular complexity index is 603. The van der Waals surface area contributed by atoms with E-state index in [0.717, 1.165) is 25.2 Å². The minimum atomic E-state index is 0.108. The molecule has 1 fully saturated rings. The minimum absolute atomic E-state index is 0.108. The number of rotatable bonds is 3. The number of benzene rings is 1. The zero-order chi connectivity index (χ0) is 14.9. The van der Waals surface area contributed by atoms with Crippen LogP contribution in [0.1, 0.15) is 25.3 Å². The van der Waals surface area contributed by atoms with E-state index in [-0.39, 0.29) is 5.54 Å². The van der Waals surface area contributed by atoms with Crippen molar-refractivity contribution in [2.75, 3.05) is 19.6 Å². The van der Waals surface area contributed by atoms with Crippen LogP contribution in [0.3, 0.4) is 0 Å². The molecule has 2 aromatic rings. The Hall–Kier alpha value is -1.72. The van der Waals surface area contributed by atoms with E-state index >= 15 is 0 Å². The zero-order valence-corrected chi connectivity index (χ0v) is 12.9. The Morgan fingerprint density at radius 1 is 1.24 bits per heavy atom. The molecular weight excluding hydrogens is 264 g/mol. The van der Waals surface area contributed by atoms with Crippen molar-refractivity contribution in [2.45, 2.75) is 32.9 Å². The highest BCUT2D eigenvalue weighted by molar-refractivity contribution is 5.52. The van der Waals surface area contributed by atoms with Crippen LogP contribution in [0.15, 0.2) is 28.7 Å². The molecule has 0 spiro atoms. The van der Waals surface area contributed by atoms with E-state index in [9.17, 15) is 0 Å². The van der Waals surface area contributed by atoms with Gasteiger partial charge < -0.3 is 9.73 Å². The van der Waals surface area contributed by atoms with Gasteiger partial charge in [-0.05, 0) is 32.9 Å². The molecule has 21 heavy (non-hydrogen) atoms. The molecule has 1 aromatic heterocycles. The van der Waals surface area contributed by atoms with E-state index in [1.165, 1.54) is 5.56 Å². The molecule has 5 nitrogen and oxygen atoms in total. The summed E-state index contributed by atoms with van der Waals surface area (Å²) in [5, 5.41) is 11.8. The summed E-state index contributed by atoms with van der Waals surface area (Å²) >= 11 is 0. The average molecular weight is 286 g/mol. The lowest BCUT2D eigenvalue weighted by Gasteiger charge is -2.42. The Labute approximate surface area is 125 Å². The Morgan fingerprint density at radius 2 is 2.00 bits per heavy atom. The van der Waals surface area contributed by atoms with Crippen molar-refractivity contribution in [2.24, 2.45) is 0 Å². The molecule has 1 aliphatic heterocycles. The second-order valence-corrected chi connectivity index (χ2v) is 6.28. The average Bonchev–Trinajstić information content (AvgIpc) is 2.90. The number of aromatic nitrogens is 2. The predicted molar refractivity (Wildman–Crippen MR) is 81.8 cm³/mol.